The van der Waals surface area contributed by atoms with Crippen molar-refractivity contribution in [1.82, 2.24) is 9.80 Å². The van der Waals surface area contributed by atoms with Gasteiger partial charge in [-0.2, -0.15) is 0 Å². The quantitative estimate of drug-likeness (QED) is 0.876. The maximum Gasteiger partial charge on any atom is 0.222 e. The second-order valence-electron chi connectivity index (χ2n) is 6.48. The number of rotatable bonds is 6. The Bertz CT molecular complexity index is 491. The highest BCUT2D eigenvalue weighted by molar-refractivity contribution is 5.78. The van der Waals surface area contributed by atoms with E-state index in [0.717, 1.165) is 57.4 Å². The summed E-state index contributed by atoms with van der Waals surface area (Å²) in [5.74, 6) is 0.306. The topological polar surface area (TPSA) is 43.8 Å². The van der Waals surface area contributed by atoms with Crippen LogP contribution >= 0.6 is 0 Å². The molecule has 0 radical (unpaired) electrons. The fourth-order valence-corrected chi connectivity index (χ4v) is 3.72. The number of likely N-dealkylation sites (tertiary alicyclic amines) is 2. The molecule has 2 saturated heterocycles. The van der Waals surface area contributed by atoms with E-state index in [1.165, 1.54) is 6.42 Å². The highest BCUT2D eigenvalue weighted by Gasteiger charge is 2.28. The number of carbonyl (C=O) groups is 1. The Kier molecular flexibility index (Phi) is 5.11. The summed E-state index contributed by atoms with van der Waals surface area (Å²) in [7, 11) is 0. The van der Waals surface area contributed by atoms with Crippen LogP contribution in [0.5, 0.6) is 0 Å². The van der Waals surface area contributed by atoms with Gasteiger partial charge in [-0.1, -0.05) is 30.3 Å². The molecule has 1 aromatic carbocycles. The van der Waals surface area contributed by atoms with Crippen molar-refractivity contribution in [3.8, 4) is 0 Å². The monoisotopic (exact) mass is 302 g/mol. The number of carbonyl (C=O) groups excluding carboxylic acids is 1. The summed E-state index contributed by atoms with van der Waals surface area (Å²) in [5, 5.41) is 10.4. The predicted octanol–water partition coefficient (Wildman–Crippen LogP) is 2.20. The molecule has 4 nitrogen and oxygen atoms in total. The fraction of sp³-hybridized carbons (Fsp3) is 0.611. The maximum absolute atomic E-state index is 11.7. The summed E-state index contributed by atoms with van der Waals surface area (Å²) in [6.45, 7) is 3.80. The summed E-state index contributed by atoms with van der Waals surface area (Å²) in [6.07, 6.45) is 4.47. The molecule has 4 heteroatoms. The molecule has 1 aromatic rings. The Labute approximate surface area is 132 Å². The molecule has 2 aliphatic rings. The third kappa shape index (κ3) is 3.68. The molecule has 0 spiro atoms. The second kappa shape index (κ2) is 7.25. The lowest BCUT2D eigenvalue weighted by Crippen LogP contribution is -2.38. The minimum atomic E-state index is -0.389. The first kappa shape index (κ1) is 15.5. The van der Waals surface area contributed by atoms with Crippen LogP contribution in [0.2, 0.25) is 0 Å². The lowest BCUT2D eigenvalue weighted by Gasteiger charge is -2.28. The lowest BCUT2D eigenvalue weighted by molar-refractivity contribution is -0.127. The molecule has 2 unspecified atom stereocenters. The van der Waals surface area contributed by atoms with E-state index in [-0.39, 0.29) is 6.10 Å². The van der Waals surface area contributed by atoms with E-state index in [4.69, 9.17) is 0 Å². The van der Waals surface area contributed by atoms with E-state index in [2.05, 4.69) is 4.90 Å². The number of hydrogen-bond acceptors (Lipinski definition) is 3. The van der Waals surface area contributed by atoms with Crippen molar-refractivity contribution in [3.63, 3.8) is 0 Å². The Morgan fingerprint density at radius 1 is 1.14 bits per heavy atom. The van der Waals surface area contributed by atoms with Crippen LogP contribution in [0.1, 0.15) is 43.8 Å². The van der Waals surface area contributed by atoms with E-state index in [1.54, 1.807) is 0 Å². The predicted molar refractivity (Wildman–Crippen MR) is 86.4 cm³/mol. The maximum atomic E-state index is 11.7. The average molecular weight is 302 g/mol. The number of benzene rings is 1. The summed E-state index contributed by atoms with van der Waals surface area (Å²) < 4.78 is 0. The van der Waals surface area contributed by atoms with Crippen molar-refractivity contribution >= 4 is 5.91 Å². The van der Waals surface area contributed by atoms with Crippen LogP contribution in [0.15, 0.2) is 30.3 Å². The van der Waals surface area contributed by atoms with Crippen LogP contribution in [0.4, 0.5) is 0 Å². The number of nitrogens with zero attached hydrogens (tertiary/aromatic N) is 2. The molecule has 2 heterocycles. The molecule has 1 amide bonds. The molecular formula is C18H26N2O2. The first-order valence-corrected chi connectivity index (χ1v) is 8.49. The molecule has 22 heavy (non-hydrogen) atoms. The van der Waals surface area contributed by atoms with Gasteiger partial charge in [0.15, 0.2) is 0 Å². The van der Waals surface area contributed by atoms with Gasteiger partial charge >= 0.3 is 0 Å². The van der Waals surface area contributed by atoms with Gasteiger partial charge in [-0.15, -0.1) is 0 Å². The SMILES string of the molecule is O=C1CCCN1CCN1CCCC1CC(O)c1ccccc1. The third-order valence-electron chi connectivity index (χ3n) is 5.01. The van der Waals surface area contributed by atoms with Crippen LogP contribution in [-0.4, -0.2) is 53.0 Å². The first-order valence-electron chi connectivity index (χ1n) is 8.49. The molecule has 0 aliphatic carbocycles. The van der Waals surface area contributed by atoms with Gasteiger partial charge in [0, 0.05) is 32.1 Å². The van der Waals surface area contributed by atoms with Crippen LogP contribution in [0.25, 0.3) is 0 Å². The highest BCUT2D eigenvalue weighted by Crippen LogP contribution is 2.27. The van der Waals surface area contributed by atoms with Crippen molar-refractivity contribution in [2.75, 3.05) is 26.2 Å². The second-order valence-corrected chi connectivity index (χ2v) is 6.48. The van der Waals surface area contributed by atoms with E-state index in [9.17, 15) is 9.90 Å². The molecule has 0 aromatic heterocycles. The lowest BCUT2D eigenvalue weighted by atomic mass is 10.0. The average Bonchev–Trinajstić information content (AvgIpc) is 3.15. The minimum absolute atomic E-state index is 0.306. The molecule has 120 valence electrons. The summed E-state index contributed by atoms with van der Waals surface area (Å²) in [5.41, 5.74) is 1.00. The van der Waals surface area contributed by atoms with Crippen molar-refractivity contribution in [2.24, 2.45) is 0 Å². The summed E-state index contributed by atoms with van der Waals surface area (Å²) in [6, 6.07) is 10.4. The van der Waals surface area contributed by atoms with Crippen LogP contribution in [-0.2, 0) is 4.79 Å². The molecule has 2 fully saturated rings. The molecule has 1 N–H and O–H groups in total. The number of amides is 1. The van der Waals surface area contributed by atoms with E-state index >= 15 is 0 Å². The Hall–Kier alpha value is -1.39. The Morgan fingerprint density at radius 2 is 1.95 bits per heavy atom. The van der Waals surface area contributed by atoms with Crippen molar-refractivity contribution in [2.45, 2.75) is 44.2 Å². The number of aliphatic hydroxyl groups excluding tert-OH is 1. The van der Waals surface area contributed by atoms with Crippen molar-refractivity contribution < 1.29 is 9.90 Å². The molecule has 0 bridgehead atoms. The zero-order chi connectivity index (χ0) is 15.4. The minimum Gasteiger partial charge on any atom is -0.388 e. The van der Waals surface area contributed by atoms with Crippen LogP contribution < -0.4 is 0 Å². The normalized spacial score (nSPS) is 24.1. The van der Waals surface area contributed by atoms with E-state index < -0.39 is 0 Å². The van der Waals surface area contributed by atoms with Gasteiger partial charge in [0.1, 0.15) is 0 Å². The third-order valence-corrected chi connectivity index (χ3v) is 5.01. The molecule has 0 saturated carbocycles. The van der Waals surface area contributed by atoms with Gasteiger partial charge in [0.05, 0.1) is 6.10 Å². The van der Waals surface area contributed by atoms with Gasteiger partial charge < -0.3 is 10.0 Å². The zero-order valence-corrected chi connectivity index (χ0v) is 13.2. The van der Waals surface area contributed by atoms with Crippen LogP contribution in [0.3, 0.4) is 0 Å². The Morgan fingerprint density at radius 3 is 2.68 bits per heavy atom. The van der Waals surface area contributed by atoms with Crippen molar-refractivity contribution in [3.05, 3.63) is 35.9 Å². The number of hydrogen-bond donors (Lipinski definition) is 1. The molecule has 2 atom stereocenters. The molecule has 2 aliphatic heterocycles. The largest absolute Gasteiger partial charge is 0.388 e. The summed E-state index contributed by atoms with van der Waals surface area (Å²) in [4.78, 5) is 16.1. The zero-order valence-electron chi connectivity index (χ0n) is 13.2. The van der Waals surface area contributed by atoms with E-state index in [1.807, 2.05) is 35.2 Å². The first-order chi connectivity index (χ1) is 10.7. The standard InChI is InChI=1S/C18H26N2O2/c21-17(15-6-2-1-3-7-15)14-16-8-4-10-19(16)12-13-20-11-5-9-18(20)22/h1-3,6-7,16-17,21H,4-5,8-14H2. The van der Waals surface area contributed by atoms with Crippen molar-refractivity contribution in [1.29, 1.82) is 0 Å². The summed E-state index contributed by atoms with van der Waals surface area (Å²) >= 11 is 0. The van der Waals surface area contributed by atoms with Gasteiger partial charge in [0.25, 0.3) is 0 Å². The molecule has 3 rings (SSSR count). The van der Waals surface area contributed by atoms with Gasteiger partial charge in [0.2, 0.25) is 5.91 Å². The van der Waals surface area contributed by atoms with E-state index in [0.29, 0.717) is 11.9 Å². The smallest absolute Gasteiger partial charge is 0.222 e. The molecular weight excluding hydrogens is 276 g/mol. The van der Waals surface area contributed by atoms with Gasteiger partial charge in [-0.25, -0.2) is 0 Å². The van der Waals surface area contributed by atoms with Gasteiger partial charge in [-0.3, -0.25) is 9.69 Å². The van der Waals surface area contributed by atoms with Crippen LogP contribution in [0, 0.1) is 0 Å². The highest BCUT2D eigenvalue weighted by atomic mass is 16.3. The fourth-order valence-electron chi connectivity index (χ4n) is 3.72. The Balaban J connectivity index is 1.51. The number of aliphatic hydroxyl groups is 1. The van der Waals surface area contributed by atoms with Gasteiger partial charge in [-0.05, 0) is 37.8 Å².